The molecular formula is C21H23N3O. The molecule has 2 heterocycles. The third kappa shape index (κ3) is 2.60. The van der Waals surface area contributed by atoms with E-state index in [1.54, 1.807) is 0 Å². The average molecular weight is 333 g/mol. The molecule has 2 aliphatic rings. The number of hydrogen-bond donors (Lipinski definition) is 0. The van der Waals surface area contributed by atoms with Crippen LogP contribution in [-0.4, -0.2) is 14.8 Å². The molecule has 0 saturated heterocycles. The fourth-order valence-electron chi connectivity index (χ4n) is 3.57. The van der Waals surface area contributed by atoms with E-state index in [1.165, 1.54) is 37.7 Å². The first-order chi connectivity index (χ1) is 12.3. The van der Waals surface area contributed by atoms with Crippen molar-refractivity contribution in [3.8, 4) is 17.3 Å². The summed E-state index contributed by atoms with van der Waals surface area (Å²) >= 11 is 0. The van der Waals surface area contributed by atoms with E-state index in [9.17, 15) is 0 Å². The molecule has 2 saturated carbocycles. The van der Waals surface area contributed by atoms with Crippen molar-refractivity contribution in [3.63, 3.8) is 0 Å². The first-order valence-electron chi connectivity index (χ1n) is 9.49. The lowest BCUT2D eigenvalue weighted by molar-refractivity contribution is 0.401. The Hall–Kier alpha value is -2.36. The van der Waals surface area contributed by atoms with Crippen LogP contribution < -0.4 is 0 Å². The fourth-order valence-corrected chi connectivity index (χ4v) is 3.57. The van der Waals surface area contributed by atoms with Crippen LogP contribution in [0.1, 0.15) is 68.0 Å². The molecule has 0 spiro atoms. The van der Waals surface area contributed by atoms with Crippen LogP contribution in [-0.2, 0) is 6.42 Å². The van der Waals surface area contributed by atoms with Crippen LogP contribution in [0.15, 0.2) is 40.8 Å². The molecule has 0 bridgehead atoms. The second-order valence-corrected chi connectivity index (χ2v) is 7.29. The molecule has 3 aromatic rings. The first-order valence-corrected chi connectivity index (χ1v) is 9.49. The van der Waals surface area contributed by atoms with Crippen LogP contribution >= 0.6 is 0 Å². The maximum absolute atomic E-state index is 6.15. The molecular weight excluding hydrogens is 310 g/mol. The molecule has 0 amide bonds. The molecule has 2 aromatic heterocycles. The van der Waals surface area contributed by atoms with Gasteiger partial charge in [-0.1, -0.05) is 31.5 Å². The van der Waals surface area contributed by atoms with Crippen LogP contribution in [0.25, 0.3) is 17.3 Å². The first kappa shape index (κ1) is 14.9. The highest BCUT2D eigenvalue weighted by Crippen LogP contribution is 2.42. The predicted molar refractivity (Wildman–Crippen MR) is 97.0 cm³/mol. The Kier molecular flexibility index (Phi) is 3.51. The van der Waals surface area contributed by atoms with Gasteiger partial charge in [0.1, 0.15) is 5.76 Å². The molecule has 128 valence electrons. The summed E-state index contributed by atoms with van der Waals surface area (Å²) in [6.07, 6.45) is 7.14. The highest BCUT2D eigenvalue weighted by Gasteiger charge is 2.30. The van der Waals surface area contributed by atoms with Gasteiger partial charge in [-0.25, -0.2) is 9.67 Å². The minimum atomic E-state index is 0.506. The number of rotatable bonds is 5. The summed E-state index contributed by atoms with van der Waals surface area (Å²) in [5.74, 6) is 4.86. The number of aryl methyl sites for hydroxylation is 1. The molecule has 0 aliphatic heterocycles. The van der Waals surface area contributed by atoms with Crippen LogP contribution in [0.4, 0.5) is 0 Å². The van der Waals surface area contributed by atoms with E-state index in [0.717, 1.165) is 35.3 Å². The smallest absolute Gasteiger partial charge is 0.199 e. The lowest BCUT2D eigenvalue weighted by Crippen LogP contribution is -2.11. The third-order valence-electron chi connectivity index (χ3n) is 5.52. The van der Waals surface area contributed by atoms with Gasteiger partial charge in [-0.05, 0) is 55.9 Å². The Balaban J connectivity index is 1.63. The number of benzene rings is 1. The van der Waals surface area contributed by atoms with Gasteiger partial charge in [0.15, 0.2) is 17.4 Å². The van der Waals surface area contributed by atoms with Crippen LogP contribution in [0, 0.1) is 0 Å². The Morgan fingerprint density at radius 1 is 1.04 bits per heavy atom. The van der Waals surface area contributed by atoms with Crippen molar-refractivity contribution in [2.24, 2.45) is 0 Å². The second-order valence-electron chi connectivity index (χ2n) is 7.29. The van der Waals surface area contributed by atoms with Crippen molar-refractivity contribution in [2.45, 2.75) is 57.3 Å². The highest BCUT2D eigenvalue weighted by atomic mass is 16.3. The Morgan fingerprint density at radius 3 is 2.60 bits per heavy atom. The lowest BCUT2D eigenvalue weighted by atomic mass is 9.85. The van der Waals surface area contributed by atoms with Gasteiger partial charge in [0.2, 0.25) is 0 Å². The molecule has 25 heavy (non-hydrogen) atoms. The zero-order valence-electron chi connectivity index (χ0n) is 14.6. The summed E-state index contributed by atoms with van der Waals surface area (Å²) in [6, 6.07) is 12.6. The van der Waals surface area contributed by atoms with Gasteiger partial charge >= 0.3 is 0 Å². The van der Waals surface area contributed by atoms with E-state index >= 15 is 0 Å². The Bertz CT molecular complexity index is 900. The Labute approximate surface area is 147 Å². The Morgan fingerprint density at radius 2 is 1.88 bits per heavy atom. The lowest BCUT2D eigenvalue weighted by Gasteiger charge is -2.21. The maximum atomic E-state index is 6.15. The van der Waals surface area contributed by atoms with Crippen molar-refractivity contribution in [1.29, 1.82) is 0 Å². The quantitative estimate of drug-likeness (QED) is 0.642. The van der Waals surface area contributed by atoms with Crippen molar-refractivity contribution in [2.75, 3.05) is 0 Å². The molecule has 4 nitrogen and oxygen atoms in total. The second kappa shape index (κ2) is 5.87. The van der Waals surface area contributed by atoms with Gasteiger partial charge in [-0.2, -0.15) is 5.10 Å². The minimum absolute atomic E-state index is 0.506. The van der Waals surface area contributed by atoms with Crippen molar-refractivity contribution in [3.05, 3.63) is 53.5 Å². The zero-order chi connectivity index (χ0) is 16.8. The normalized spacial score (nSPS) is 17.6. The summed E-state index contributed by atoms with van der Waals surface area (Å²) in [7, 11) is 0. The minimum Gasteiger partial charge on any atom is -0.457 e. The summed E-state index contributed by atoms with van der Waals surface area (Å²) < 4.78 is 8.15. The van der Waals surface area contributed by atoms with E-state index in [4.69, 9.17) is 14.5 Å². The fraction of sp³-hybridized carbons (Fsp3) is 0.429. The SMILES string of the molecule is CCc1ccccc1-n1nc(C2CCC2)nc1-c1ccc(C2CC2)o1. The topological polar surface area (TPSA) is 43.9 Å². The number of furan rings is 1. The summed E-state index contributed by atoms with van der Waals surface area (Å²) in [6.45, 7) is 2.18. The van der Waals surface area contributed by atoms with Crippen molar-refractivity contribution in [1.82, 2.24) is 14.8 Å². The summed E-state index contributed by atoms with van der Waals surface area (Å²) in [5.41, 5.74) is 2.39. The van der Waals surface area contributed by atoms with Gasteiger partial charge in [0.25, 0.3) is 0 Å². The standard InChI is InChI=1S/C21H23N3O/c1-2-14-6-3-4-9-17(14)24-21(22-20(23-24)16-7-5-8-16)19-13-12-18(25-19)15-10-11-15/h3-4,6,9,12-13,15-16H,2,5,7-8,10-11H2,1H3. The summed E-state index contributed by atoms with van der Waals surface area (Å²) in [5, 5.41) is 4.90. The highest BCUT2D eigenvalue weighted by molar-refractivity contribution is 5.54. The molecule has 0 N–H and O–H groups in total. The van der Waals surface area contributed by atoms with Gasteiger partial charge in [0, 0.05) is 11.8 Å². The number of nitrogens with zero attached hydrogens (tertiary/aromatic N) is 3. The van der Waals surface area contributed by atoms with Crippen molar-refractivity contribution >= 4 is 0 Å². The molecule has 0 unspecified atom stereocenters. The zero-order valence-corrected chi connectivity index (χ0v) is 14.6. The maximum Gasteiger partial charge on any atom is 0.199 e. The number of aromatic nitrogens is 3. The molecule has 4 heteroatoms. The molecule has 5 rings (SSSR count). The van der Waals surface area contributed by atoms with E-state index in [1.807, 2.05) is 4.68 Å². The monoisotopic (exact) mass is 333 g/mol. The molecule has 2 fully saturated rings. The van der Waals surface area contributed by atoms with E-state index in [-0.39, 0.29) is 0 Å². The van der Waals surface area contributed by atoms with Crippen molar-refractivity contribution < 1.29 is 4.42 Å². The van der Waals surface area contributed by atoms with Gasteiger partial charge in [-0.3, -0.25) is 0 Å². The number of hydrogen-bond acceptors (Lipinski definition) is 3. The third-order valence-corrected chi connectivity index (χ3v) is 5.52. The van der Waals surface area contributed by atoms with Gasteiger partial charge < -0.3 is 4.42 Å². The largest absolute Gasteiger partial charge is 0.457 e. The molecule has 1 aromatic carbocycles. The van der Waals surface area contributed by atoms with Gasteiger partial charge in [-0.15, -0.1) is 0 Å². The van der Waals surface area contributed by atoms with Crippen LogP contribution in [0.3, 0.4) is 0 Å². The molecule has 0 atom stereocenters. The van der Waals surface area contributed by atoms with E-state index in [2.05, 4.69) is 43.3 Å². The van der Waals surface area contributed by atoms with Gasteiger partial charge in [0.05, 0.1) is 5.69 Å². The molecule has 0 radical (unpaired) electrons. The van der Waals surface area contributed by atoms with E-state index < -0.39 is 0 Å². The van der Waals surface area contributed by atoms with Crippen LogP contribution in [0.5, 0.6) is 0 Å². The van der Waals surface area contributed by atoms with E-state index in [0.29, 0.717) is 11.8 Å². The average Bonchev–Trinajstić information content (AvgIpc) is 3.17. The predicted octanol–water partition coefficient (Wildman–Crippen LogP) is 5.23. The number of para-hydroxylation sites is 1. The van der Waals surface area contributed by atoms with Crippen LogP contribution in [0.2, 0.25) is 0 Å². The molecule has 2 aliphatic carbocycles. The summed E-state index contributed by atoms with van der Waals surface area (Å²) in [4.78, 5) is 4.91.